The molecule has 0 fully saturated rings. The summed E-state index contributed by atoms with van der Waals surface area (Å²) in [5.41, 5.74) is 5.41. The number of rotatable bonds is 5. The molecule has 0 aliphatic heterocycles. The van der Waals surface area contributed by atoms with Gasteiger partial charge >= 0.3 is 0 Å². The van der Waals surface area contributed by atoms with Crippen LogP contribution in [0, 0.1) is 10.1 Å². The maximum atomic E-state index is 11.9. The second-order valence-corrected chi connectivity index (χ2v) is 5.73. The average Bonchev–Trinajstić information content (AvgIpc) is 2.28. The first-order valence-electron chi connectivity index (χ1n) is 5.26. The monoisotopic (exact) mass is 273 g/mol. The third kappa shape index (κ3) is 3.49. The summed E-state index contributed by atoms with van der Waals surface area (Å²) in [6.07, 6.45) is 0. The van der Waals surface area contributed by atoms with Crippen LogP contribution in [-0.2, 0) is 10.0 Å². The molecule has 1 aromatic rings. The summed E-state index contributed by atoms with van der Waals surface area (Å²) in [7, 11) is -3.70. The molecule has 2 unspecified atom stereocenters. The van der Waals surface area contributed by atoms with Crippen molar-refractivity contribution >= 4 is 15.7 Å². The van der Waals surface area contributed by atoms with Crippen molar-refractivity contribution in [1.29, 1.82) is 0 Å². The Morgan fingerprint density at radius 1 is 1.28 bits per heavy atom. The Labute approximate surface area is 105 Å². The molecule has 0 radical (unpaired) electrons. The Bertz CT molecular complexity index is 525. The first-order valence-corrected chi connectivity index (χ1v) is 6.74. The second-order valence-electron chi connectivity index (χ2n) is 4.02. The molecule has 0 aromatic heterocycles. The van der Waals surface area contributed by atoms with Gasteiger partial charge in [-0.1, -0.05) is 0 Å². The second kappa shape index (κ2) is 5.42. The summed E-state index contributed by atoms with van der Waals surface area (Å²) >= 11 is 0. The number of nitro benzene ring substituents is 1. The average molecular weight is 273 g/mol. The van der Waals surface area contributed by atoms with Gasteiger partial charge < -0.3 is 5.73 Å². The van der Waals surface area contributed by atoms with Crippen LogP contribution in [0.3, 0.4) is 0 Å². The van der Waals surface area contributed by atoms with E-state index in [1.54, 1.807) is 13.8 Å². The van der Waals surface area contributed by atoms with Crippen LogP contribution < -0.4 is 10.5 Å². The van der Waals surface area contributed by atoms with Crippen molar-refractivity contribution in [2.75, 3.05) is 0 Å². The Kier molecular flexibility index (Phi) is 4.38. The largest absolute Gasteiger partial charge is 0.327 e. The van der Waals surface area contributed by atoms with Gasteiger partial charge in [0.15, 0.2) is 0 Å². The molecule has 2 atom stereocenters. The lowest BCUT2D eigenvalue weighted by molar-refractivity contribution is -0.384. The van der Waals surface area contributed by atoms with Crippen molar-refractivity contribution in [3.05, 3.63) is 34.4 Å². The Balaban J connectivity index is 2.95. The van der Waals surface area contributed by atoms with E-state index in [9.17, 15) is 18.5 Å². The Morgan fingerprint density at radius 2 is 1.78 bits per heavy atom. The fourth-order valence-electron chi connectivity index (χ4n) is 1.17. The quantitative estimate of drug-likeness (QED) is 0.602. The fraction of sp³-hybridized carbons (Fsp3) is 0.400. The lowest BCUT2D eigenvalue weighted by Crippen LogP contribution is -2.43. The van der Waals surface area contributed by atoms with E-state index in [-0.39, 0.29) is 16.6 Å². The van der Waals surface area contributed by atoms with Crippen molar-refractivity contribution in [3.8, 4) is 0 Å². The molecule has 8 heteroatoms. The van der Waals surface area contributed by atoms with Gasteiger partial charge in [0, 0.05) is 24.2 Å². The normalized spacial score (nSPS) is 15.1. The highest BCUT2D eigenvalue weighted by Gasteiger charge is 2.20. The van der Waals surface area contributed by atoms with Gasteiger partial charge in [-0.05, 0) is 26.0 Å². The number of nitrogens with zero attached hydrogens (tertiary/aromatic N) is 1. The number of non-ortho nitro benzene ring substituents is 1. The smallest absolute Gasteiger partial charge is 0.269 e. The fourth-order valence-corrected chi connectivity index (χ4v) is 2.50. The third-order valence-electron chi connectivity index (χ3n) is 2.49. The maximum absolute atomic E-state index is 11.9. The van der Waals surface area contributed by atoms with Crippen LogP contribution in [0.2, 0.25) is 0 Å². The van der Waals surface area contributed by atoms with Crippen LogP contribution in [0.1, 0.15) is 13.8 Å². The summed E-state index contributed by atoms with van der Waals surface area (Å²) in [6, 6.07) is 3.90. The minimum Gasteiger partial charge on any atom is -0.327 e. The van der Waals surface area contributed by atoms with Crippen molar-refractivity contribution in [3.63, 3.8) is 0 Å². The molecular weight excluding hydrogens is 258 g/mol. The van der Waals surface area contributed by atoms with E-state index >= 15 is 0 Å². The number of nitrogens with one attached hydrogen (secondary N) is 1. The van der Waals surface area contributed by atoms with E-state index in [0.717, 1.165) is 12.1 Å². The summed E-state index contributed by atoms with van der Waals surface area (Å²) in [6.45, 7) is 3.33. The number of benzene rings is 1. The van der Waals surface area contributed by atoms with Crippen LogP contribution in [0.15, 0.2) is 29.2 Å². The van der Waals surface area contributed by atoms with Crippen LogP contribution in [0.4, 0.5) is 5.69 Å². The van der Waals surface area contributed by atoms with E-state index in [2.05, 4.69) is 4.72 Å². The number of nitrogens with two attached hydrogens (primary N) is 1. The van der Waals surface area contributed by atoms with Crippen molar-refractivity contribution in [1.82, 2.24) is 4.72 Å². The van der Waals surface area contributed by atoms with Gasteiger partial charge in [-0.15, -0.1) is 0 Å². The molecule has 0 saturated carbocycles. The van der Waals surface area contributed by atoms with E-state index in [0.29, 0.717) is 0 Å². The first-order chi connectivity index (χ1) is 8.24. The number of sulfonamides is 1. The standard InChI is InChI=1S/C10H15N3O4S/c1-7(11)8(2)12-18(16,17)10-5-3-9(4-6-10)13(14)15/h3-8,12H,11H2,1-2H3. The zero-order valence-electron chi connectivity index (χ0n) is 10.0. The first kappa shape index (κ1) is 14.6. The zero-order valence-corrected chi connectivity index (χ0v) is 10.8. The summed E-state index contributed by atoms with van der Waals surface area (Å²) in [5.74, 6) is 0. The SMILES string of the molecule is CC(N)C(C)NS(=O)(=O)c1ccc([N+](=O)[O-])cc1. The van der Waals surface area contributed by atoms with Gasteiger partial charge in [-0.25, -0.2) is 13.1 Å². The van der Waals surface area contributed by atoms with Crippen LogP contribution in [-0.4, -0.2) is 25.4 Å². The number of hydrogen-bond donors (Lipinski definition) is 2. The molecule has 0 spiro atoms. The topological polar surface area (TPSA) is 115 Å². The Hall–Kier alpha value is -1.51. The van der Waals surface area contributed by atoms with Gasteiger partial charge in [0.05, 0.1) is 9.82 Å². The van der Waals surface area contributed by atoms with Gasteiger partial charge in [-0.2, -0.15) is 0 Å². The van der Waals surface area contributed by atoms with Crippen molar-refractivity contribution in [2.45, 2.75) is 30.8 Å². The summed E-state index contributed by atoms with van der Waals surface area (Å²) in [4.78, 5) is 9.84. The van der Waals surface area contributed by atoms with Crippen LogP contribution >= 0.6 is 0 Å². The molecule has 18 heavy (non-hydrogen) atoms. The molecule has 0 aliphatic rings. The Morgan fingerprint density at radius 3 is 2.17 bits per heavy atom. The summed E-state index contributed by atoms with van der Waals surface area (Å²) in [5, 5.41) is 10.5. The molecule has 0 saturated heterocycles. The number of hydrogen-bond acceptors (Lipinski definition) is 5. The molecule has 0 bridgehead atoms. The minimum absolute atomic E-state index is 0.0272. The molecule has 1 rings (SSSR count). The molecule has 0 amide bonds. The predicted octanol–water partition coefficient (Wildman–Crippen LogP) is 0.609. The van der Waals surface area contributed by atoms with Gasteiger partial charge in [0.1, 0.15) is 0 Å². The minimum atomic E-state index is -3.70. The molecular formula is C10H15N3O4S. The molecule has 0 aliphatic carbocycles. The highest BCUT2D eigenvalue weighted by molar-refractivity contribution is 7.89. The lowest BCUT2D eigenvalue weighted by Gasteiger charge is -2.17. The third-order valence-corrected chi connectivity index (χ3v) is 4.06. The van der Waals surface area contributed by atoms with E-state index in [1.165, 1.54) is 12.1 Å². The van der Waals surface area contributed by atoms with Gasteiger partial charge in [0.2, 0.25) is 10.0 Å². The van der Waals surface area contributed by atoms with E-state index in [4.69, 9.17) is 5.73 Å². The van der Waals surface area contributed by atoms with E-state index < -0.39 is 21.0 Å². The number of nitro groups is 1. The predicted molar refractivity (Wildman–Crippen MR) is 66.5 cm³/mol. The maximum Gasteiger partial charge on any atom is 0.269 e. The van der Waals surface area contributed by atoms with Crippen LogP contribution in [0.5, 0.6) is 0 Å². The van der Waals surface area contributed by atoms with E-state index in [1.807, 2.05) is 0 Å². The highest BCUT2D eigenvalue weighted by Crippen LogP contribution is 2.16. The molecule has 100 valence electrons. The van der Waals surface area contributed by atoms with Crippen LogP contribution in [0.25, 0.3) is 0 Å². The zero-order chi connectivity index (χ0) is 13.9. The molecule has 3 N–H and O–H groups in total. The lowest BCUT2D eigenvalue weighted by atomic mass is 10.2. The van der Waals surface area contributed by atoms with Crippen molar-refractivity contribution in [2.24, 2.45) is 5.73 Å². The molecule has 1 aromatic carbocycles. The van der Waals surface area contributed by atoms with Gasteiger partial charge in [0.25, 0.3) is 5.69 Å². The molecule has 0 heterocycles. The summed E-state index contributed by atoms with van der Waals surface area (Å²) < 4.78 is 26.2. The molecule has 7 nitrogen and oxygen atoms in total. The van der Waals surface area contributed by atoms with Crippen molar-refractivity contribution < 1.29 is 13.3 Å². The highest BCUT2D eigenvalue weighted by atomic mass is 32.2. The van der Waals surface area contributed by atoms with Gasteiger partial charge in [-0.3, -0.25) is 10.1 Å².